The molecule has 2 aromatic heterocycles. The third-order valence-corrected chi connectivity index (χ3v) is 11.6. The summed E-state index contributed by atoms with van der Waals surface area (Å²) in [5.41, 5.74) is 3.85. The van der Waals surface area contributed by atoms with Crippen LogP contribution < -0.4 is 5.32 Å². The van der Waals surface area contributed by atoms with Crippen molar-refractivity contribution < 1.29 is 46.4 Å². The molecular formula is C45H78NO10P. The van der Waals surface area contributed by atoms with Crippen molar-refractivity contribution in [3.05, 3.63) is 45.8 Å². The molecule has 11 nitrogen and oxygen atoms in total. The number of phosphoric acid groups is 1. The summed E-state index contributed by atoms with van der Waals surface area (Å²) in [7, 11) is -2.68. The van der Waals surface area contributed by atoms with Gasteiger partial charge in [-0.3, -0.25) is 18.6 Å². The van der Waals surface area contributed by atoms with E-state index in [9.17, 15) is 19.0 Å². The highest BCUT2D eigenvalue weighted by atomic mass is 31.2. The summed E-state index contributed by atoms with van der Waals surface area (Å²) in [5, 5.41) is 2.82. The maximum Gasteiger partial charge on any atom is 0.472 e. The Hall–Kier alpha value is -2.43. The van der Waals surface area contributed by atoms with Gasteiger partial charge in [-0.05, 0) is 89.1 Å². The molecule has 0 saturated carbocycles. The van der Waals surface area contributed by atoms with E-state index in [1.165, 1.54) is 55.2 Å². The van der Waals surface area contributed by atoms with Crippen LogP contribution in [0.5, 0.6) is 0 Å². The van der Waals surface area contributed by atoms with E-state index in [1.54, 1.807) is 7.05 Å². The van der Waals surface area contributed by atoms with Crippen LogP contribution in [0.4, 0.5) is 0 Å². The molecule has 1 unspecified atom stereocenters. The van der Waals surface area contributed by atoms with Gasteiger partial charge in [-0.1, -0.05) is 90.9 Å². The molecule has 2 N–H and O–H groups in total. The standard InChI is InChI=1S/C45H78NO10P/c1-7-9-19-25-39-33-36(3)41(54-39)26-21-15-11-13-17-23-29-44(47)51-34-40(35-53-57(49,50)52-32-31-46-6)55-45(48)30-24-18-14-12-16-22-28-43-38(5)37(4)42(56-43)27-20-10-8-2/h33,40,46H,7-32,34-35H2,1-6H3,(H,49,50)/t40-/m1/s1. The number of carbonyl (C=O) groups is 2. The van der Waals surface area contributed by atoms with Crippen molar-refractivity contribution in [3.8, 4) is 0 Å². The van der Waals surface area contributed by atoms with Crippen molar-refractivity contribution in [1.82, 2.24) is 5.32 Å². The number of furan rings is 2. The minimum atomic E-state index is -4.38. The molecule has 2 aromatic rings. The van der Waals surface area contributed by atoms with Gasteiger partial charge in [0.05, 0.1) is 13.2 Å². The number of likely N-dealkylation sites (N-methyl/N-ethyl adjacent to an activating group) is 1. The highest BCUT2D eigenvalue weighted by molar-refractivity contribution is 7.47. The van der Waals surface area contributed by atoms with Gasteiger partial charge in [0.1, 0.15) is 29.6 Å². The van der Waals surface area contributed by atoms with Gasteiger partial charge in [-0.15, -0.1) is 0 Å². The van der Waals surface area contributed by atoms with Crippen LogP contribution >= 0.6 is 7.82 Å². The average molecular weight is 824 g/mol. The number of nitrogens with one attached hydrogen (secondary N) is 1. The van der Waals surface area contributed by atoms with Gasteiger partial charge in [0.15, 0.2) is 6.10 Å². The zero-order valence-electron chi connectivity index (χ0n) is 36.5. The summed E-state index contributed by atoms with van der Waals surface area (Å²) in [6.45, 7) is 10.5. The van der Waals surface area contributed by atoms with E-state index < -0.39 is 32.5 Å². The molecule has 0 aliphatic rings. The van der Waals surface area contributed by atoms with Gasteiger partial charge in [0.2, 0.25) is 0 Å². The Morgan fingerprint density at radius 2 is 1.18 bits per heavy atom. The second kappa shape index (κ2) is 30.6. The van der Waals surface area contributed by atoms with Crippen LogP contribution in [0.3, 0.4) is 0 Å². The molecule has 0 bridgehead atoms. The molecular weight excluding hydrogens is 745 g/mol. The zero-order valence-corrected chi connectivity index (χ0v) is 37.4. The second-order valence-electron chi connectivity index (χ2n) is 15.7. The van der Waals surface area contributed by atoms with E-state index >= 15 is 0 Å². The largest absolute Gasteiger partial charge is 0.472 e. The minimum absolute atomic E-state index is 0.0321. The molecule has 0 saturated heterocycles. The Balaban J connectivity index is 1.65. The lowest BCUT2D eigenvalue weighted by Crippen LogP contribution is -2.29. The molecule has 0 aliphatic carbocycles. The number of ether oxygens (including phenoxy) is 2. The average Bonchev–Trinajstić information content (AvgIpc) is 3.67. The van der Waals surface area contributed by atoms with Crippen LogP contribution in [-0.4, -0.2) is 56.3 Å². The number of carbonyl (C=O) groups excluding carboxylic acids is 2. The first-order valence-corrected chi connectivity index (χ1v) is 23.8. The summed E-state index contributed by atoms with van der Waals surface area (Å²) in [5.74, 6) is 3.62. The first kappa shape index (κ1) is 50.7. The SMILES string of the molecule is CCCCCc1cc(C)c(CCCCCCCCC(=O)OC[C@H](COP(=O)(O)OCCNC)OC(=O)CCCCCCCCc2oc(CCCCC)c(C)c2C)o1. The molecule has 328 valence electrons. The Morgan fingerprint density at radius 3 is 1.75 bits per heavy atom. The fourth-order valence-corrected chi connectivity index (χ4v) is 7.62. The molecule has 0 amide bonds. The van der Waals surface area contributed by atoms with Crippen LogP contribution in [0.2, 0.25) is 0 Å². The lowest BCUT2D eigenvalue weighted by Gasteiger charge is -2.20. The molecule has 2 atom stereocenters. The summed E-state index contributed by atoms with van der Waals surface area (Å²) in [4.78, 5) is 35.3. The summed E-state index contributed by atoms with van der Waals surface area (Å²) in [6, 6.07) is 2.19. The predicted molar refractivity (Wildman–Crippen MR) is 227 cm³/mol. The van der Waals surface area contributed by atoms with Gasteiger partial charge < -0.3 is 28.5 Å². The van der Waals surface area contributed by atoms with Crippen molar-refractivity contribution in [2.45, 2.75) is 195 Å². The molecule has 57 heavy (non-hydrogen) atoms. The lowest BCUT2D eigenvalue weighted by atomic mass is 10.0. The van der Waals surface area contributed by atoms with E-state index in [2.05, 4.69) is 46.0 Å². The van der Waals surface area contributed by atoms with E-state index in [0.29, 0.717) is 19.4 Å². The number of unbranched alkanes of at least 4 members (excludes halogenated alkanes) is 14. The maximum atomic E-state index is 12.7. The first-order valence-electron chi connectivity index (χ1n) is 22.3. The zero-order chi connectivity index (χ0) is 41.7. The Morgan fingerprint density at radius 1 is 0.667 bits per heavy atom. The van der Waals surface area contributed by atoms with E-state index in [4.69, 9.17) is 27.4 Å². The summed E-state index contributed by atoms with van der Waals surface area (Å²) in [6.07, 6.45) is 22.4. The van der Waals surface area contributed by atoms with Crippen LogP contribution in [-0.2, 0) is 58.4 Å². The topological polar surface area (TPSA) is 147 Å². The van der Waals surface area contributed by atoms with Crippen molar-refractivity contribution in [1.29, 1.82) is 0 Å². The fourth-order valence-electron chi connectivity index (χ4n) is 6.86. The first-order chi connectivity index (χ1) is 27.5. The summed E-state index contributed by atoms with van der Waals surface area (Å²) < 4.78 is 45.6. The third kappa shape index (κ3) is 23.1. The fraction of sp³-hybridized carbons (Fsp3) is 0.778. The normalized spacial score (nSPS) is 13.2. The molecule has 0 fully saturated rings. The van der Waals surface area contributed by atoms with Gasteiger partial charge in [0, 0.05) is 45.1 Å². The third-order valence-electron chi connectivity index (χ3n) is 10.6. The highest BCUT2D eigenvalue weighted by Gasteiger charge is 2.26. The summed E-state index contributed by atoms with van der Waals surface area (Å²) >= 11 is 0. The quantitative estimate of drug-likeness (QED) is 0.0384. The Kier molecular flexibility index (Phi) is 27.2. The van der Waals surface area contributed by atoms with Crippen LogP contribution in [0.25, 0.3) is 0 Å². The van der Waals surface area contributed by atoms with E-state index in [0.717, 1.165) is 113 Å². The van der Waals surface area contributed by atoms with Crippen molar-refractivity contribution in [3.63, 3.8) is 0 Å². The van der Waals surface area contributed by atoms with Crippen LogP contribution in [0.1, 0.15) is 182 Å². The van der Waals surface area contributed by atoms with Crippen molar-refractivity contribution in [2.75, 3.05) is 33.4 Å². The van der Waals surface area contributed by atoms with Gasteiger partial charge in [-0.2, -0.15) is 0 Å². The Bertz CT molecular complexity index is 1420. The van der Waals surface area contributed by atoms with Crippen LogP contribution in [0.15, 0.2) is 14.9 Å². The number of hydrogen-bond acceptors (Lipinski definition) is 10. The number of phosphoric ester groups is 1. The van der Waals surface area contributed by atoms with Gasteiger partial charge in [-0.25, -0.2) is 4.57 Å². The lowest BCUT2D eigenvalue weighted by molar-refractivity contribution is -0.161. The minimum Gasteiger partial charge on any atom is -0.466 e. The molecule has 0 radical (unpaired) electrons. The molecule has 0 aliphatic heterocycles. The molecule has 2 rings (SSSR count). The van der Waals surface area contributed by atoms with E-state index in [1.807, 2.05) is 0 Å². The molecule has 2 heterocycles. The number of aryl methyl sites for hydroxylation is 5. The smallest absolute Gasteiger partial charge is 0.466 e. The number of hydrogen-bond donors (Lipinski definition) is 2. The van der Waals surface area contributed by atoms with Crippen molar-refractivity contribution >= 4 is 19.8 Å². The van der Waals surface area contributed by atoms with Crippen molar-refractivity contribution in [2.24, 2.45) is 0 Å². The monoisotopic (exact) mass is 824 g/mol. The molecule has 12 heteroatoms. The molecule has 0 spiro atoms. The van der Waals surface area contributed by atoms with Crippen LogP contribution in [0, 0.1) is 20.8 Å². The second-order valence-corrected chi connectivity index (χ2v) is 17.1. The number of esters is 2. The number of rotatable bonds is 36. The Labute approximate surface area is 344 Å². The highest BCUT2D eigenvalue weighted by Crippen LogP contribution is 2.43. The van der Waals surface area contributed by atoms with E-state index in [-0.39, 0.29) is 26.1 Å². The predicted octanol–water partition coefficient (Wildman–Crippen LogP) is 11.3. The maximum absolute atomic E-state index is 12.7. The molecule has 0 aromatic carbocycles. The van der Waals surface area contributed by atoms with Gasteiger partial charge >= 0.3 is 19.8 Å². The van der Waals surface area contributed by atoms with Gasteiger partial charge in [0.25, 0.3) is 0 Å².